The topological polar surface area (TPSA) is 110 Å². The van der Waals surface area contributed by atoms with E-state index in [4.69, 9.17) is 4.42 Å². The van der Waals surface area contributed by atoms with Gasteiger partial charge in [-0.2, -0.15) is 10.1 Å². The first-order valence-electron chi connectivity index (χ1n) is 6.44. The van der Waals surface area contributed by atoms with Crippen LogP contribution in [0.4, 0.5) is 5.95 Å². The third-order valence-electron chi connectivity index (χ3n) is 2.65. The monoisotopic (exact) mass is 316 g/mol. The molecular weight excluding hydrogens is 304 g/mol. The molecule has 0 spiro atoms. The maximum absolute atomic E-state index is 11.7. The lowest BCUT2D eigenvalue weighted by Gasteiger charge is -1.98. The number of carbonyl (C=O) groups is 1. The van der Waals surface area contributed by atoms with E-state index in [-0.39, 0.29) is 11.7 Å². The number of amides is 1. The number of carbonyl (C=O) groups excluding carboxylic acids is 1. The Hall–Kier alpha value is -2.68. The smallest absolute Gasteiger partial charge is 0.277 e. The highest BCUT2D eigenvalue weighted by Crippen LogP contribution is 2.17. The lowest BCUT2D eigenvalue weighted by molar-refractivity contribution is -0.113. The largest absolute Gasteiger partial charge is 0.416 e. The Balaban J connectivity index is 1.50. The number of nitrogens with one attached hydrogen (secondary N) is 2. The standard InChI is InChI=1S/C13H12N6O2S/c20-10(16-12-14-8-15-18-12)7-22-13-19-17-11(21-13)6-9-4-2-1-3-5-9/h1-5,8H,6-7H2,(H2,14,15,16,18,20). The van der Waals surface area contributed by atoms with E-state index < -0.39 is 0 Å². The normalized spacial score (nSPS) is 10.5. The second kappa shape index (κ2) is 6.85. The van der Waals surface area contributed by atoms with E-state index in [0.717, 1.165) is 5.56 Å². The minimum absolute atomic E-state index is 0.146. The fourth-order valence-corrected chi connectivity index (χ4v) is 2.28. The molecule has 3 rings (SSSR count). The molecule has 0 saturated carbocycles. The molecule has 0 aliphatic carbocycles. The number of thioether (sulfide) groups is 1. The van der Waals surface area contributed by atoms with Crippen LogP contribution in [0.5, 0.6) is 0 Å². The summed E-state index contributed by atoms with van der Waals surface area (Å²) in [6.07, 6.45) is 1.88. The minimum Gasteiger partial charge on any atom is -0.416 e. The van der Waals surface area contributed by atoms with Crippen molar-refractivity contribution in [3.05, 3.63) is 48.1 Å². The molecule has 2 heterocycles. The first-order chi connectivity index (χ1) is 10.8. The van der Waals surface area contributed by atoms with Gasteiger partial charge in [0.15, 0.2) is 0 Å². The molecule has 0 aliphatic rings. The molecule has 0 radical (unpaired) electrons. The van der Waals surface area contributed by atoms with Crippen LogP contribution in [0.3, 0.4) is 0 Å². The predicted octanol–water partition coefficient (Wildman–Crippen LogP) is 1.51. The number of anilines is 1. The second-order valence-electron chi connectivity index (χ2n) is 4.30. The molecule has 0 fully saturated rings. The van der Waals surface area contributed by atoms with Crippen LogP contribution in [0.2, 0.25) is 0 Å². The van der Waals surface area contributed by atoms with Gasteiger partial charge in [0, 0.05) is 0 Å². The van der Waals surface area contributed by atoms with Gasteiger partial charge in [0.2, 0.25) is 17.7 Å². The van der Waals surface area contributed by atoms with E-state index in [1.54, 1.807) is 0 Å². The number of aromatic amines is 1. The van der Waals surface area contributed by atoms with Crippen LogP contribution in [-0.2, 0) is 11.2 Å². The summed E-state index contributed by atoms with van der Waals surface area (Å²) in [5.74, 6) is 0.739. The Morgan fingerprint density at radius 2 is 2.14 bits per heavy atom. The molecular formula is C13H12N6O2S. The van der Waals surface area contributed by atoms with Gasteiger partial charge in [0.25, 0.3) is 5.22 Å². The number of hydrogen-bond donors (Lipinski definition) is 2. The molecule has 112 valence electrons. The summed E-state index contributed by atoms with van der Waals surface area (Å²) in [6, 6.07) is 9.83. The molecule has 2 N–H and O–H groups in total. The van der Waals surface area contributed by atoms with Crippen molar-refractivity contribution < 1.29 is 9.21 Å². The molecule has 22 heavy (non-hydrogen) atoms. The summed E-state index contributed by atoms with van der Waals surface area (Å²) in [6.45, 7) is 0. The molecule has 0 atom stereocenters. The van der Waals surface area contributed by atoms with Gasteiger partial charge < -0.3 is 4.42 Å². The highest BCUT2D eigenvalue weighted by Gasteiger charge is 2.11. The predicted molar refractivity (Wildman–Crippen MR) is 79.3 cm³/mol. The zero-order valence-electron chi connectivity index (χ0n) is 11.4. The Morgan fingerprint density at radius 3 is 2.91 bits per heavy atom. The molecule has 0 saturated heterocycles. The number of nitrogens with zero attached hydrogens (tertiary/aromatic N) is 4. The fourth-order valence-electron chi connectivity index (χ4n) is 1.70. The number of benzene rings is 1. The van der Waals surface area contributed by atoms with Crippen molar-refractivity contribution in [1.82, 2.24) is 25.4 Å². The Kier molecular flexibility index (Phi) is 4.44. The van der Waals surface area contributed by atoms with Gasteiger partial charge >= 0.3 is 0 Å². The molecule has 1 amide bonds. The Bertz CT molecular complexity index is 728. The zero-order chi connectivity index (χ0) is 15.2. The van der Waals surface area contributed by atoms with Crippen LogP contribution in [0.15, 0.2) is 46.3 Å². The molecule has 2 aromatic heterocycles. The molecule has 9 heteroatoms. The van der Waals surface area contributed by atoms with Crippen LogP contribution in [-0.4, -0.2) is 37.0 Å². The van der Waals surface area contributed by atoms with Crippen LogP contribution in [0.1, 0.15) is 11.5 Å². The van der Waals surface area contributed by atoms with Crippen molar-refractivity contribution in [1.29, 1.82) is 0 Å². The highest BCUT2D eigenvalue weighted by atomic mass is 32.2. The van der Waals surface area contributed by atoms with Crippen molar-refractivity contribution in [2.75, 3.05) is 11.1 Å². The van der Waals surface area contributed by atoms with Crippen LogP contribution < -0.4 is 5.32 Å². The van der Waals surface area contributed by atoms with E-state index in [0.29, 0.717) is 23.5 Å². The third kappa shape index (κ3) is 3.92. The zero-order valence-corrected chi connectivity index (χ0v) is 12.2. The van der Waals surface area contributed by atoms with E-state index in [1.807, 2.05) is 30.3 Å². The van der Waals surface area contributed by atoms with Crippen molar-refractivity contribution in [3.63, 3.8) is 0 Å². The number of H-pyrrole nitrogens is 1. The number of rotatable bonds is 6. The van der Waals surface area contributed by atoms with Gasteiger partial charge in [0.1, 0.15) is 6.33 Å². The maximum Gasteiger partial charge on any atom is 0.277 e. The first-order valence-corrected chi connectivity index (χ1v) is 7.42. The summed E-state index contributed by atoms with van der Waals surface area (Å²) >= 11 is 1.17. The van der Waals surface area contributed by atoms with Gasteiger partial charge in [0.05, 0.1) is 12.2 Å². The van der Waals surface area contributed by atoms with Crippen LogP contribution >= 0.6 is 11.8 Å². The number of hydrogen-bond acceptors (Lipinski definition) is 7. The Labute approximate surface area is 129 Å². The highest BCUT2D eigenvalue weighted by molar-refractivity contribution is 7.99. The average Bonchev–Trinajstić information content (AvgIpc) is 3.18. The summed E-state index contributed by atoms with van der Waals surface area (Å²) in [5.41, 5.74) is 1.09. The van der Waals surface area contributed by atoms with Crippen LogP contribution in [0.25, 0.3) is 0 Å². The molecule has 0 unspecified atom stereocenters. The molecule has 8 nitrogen and oxygen atoms in total. The Morgan fingerprint density at radius 1 is 1.27 bits per heavy atom. The quantitative estimate of drug-likeness (QED) is 0.663. The van der Waals surface area contributed by atoms with E-state index in [9.17, 15) is 4.79 Å². The summed E-state index contributed by atoms with van der Waals surface area (Å²) in [7, 11) is 0. The maximum atomic E-state index is 11.7. The second-order valence-corrected chi connectivity index (χ2v) is 5.22. The first kappa shape index (κ1) is 14.3. The molecule has 1 aromatic carbocycles. The molecule has 0 aliphatic heterocycles. The lowest BCUT2D eigenvalue weighted by Crippen LogP contribution is -2.15. The summed E-state index contributed by atoms with van der Waals surface area (Å²) in [4.78, 5) is 15.5. The molecule has 3 aromatic rings. The fraction of sp³-hybridized carbons (Fsp3) is 0.154. The van der Waals surface area contributed by atoms with Crippen LogP contribution in [0, 0.1) is 0 Å². The lowest BCUT2D eigenvalue weighted by atomic mass is 10.2. The third-order valence-corrected chi connectivity index (χ3v) is 3.46. The SMILES string of the molecule is O=C(CSc1nnc(Cc2ccccc2)o1)Nc1ncn[nH]1. The van der Waals surface area contributed by atoms with Crippen molar-refractivity contribution in [3.8, 4) is 0 Å². The van der Waals surface area contributed by atoms with Gasteiger partial charge in [-0.15, -0.1) is 10.2 Å². The summed E-state index contributed by atoms with van der Waals surface area (Å²) < 4.78 is 5.50. The van der Waals surface area contributed by atoms with E-state index >= 15 is 0 Å². The minimum atomic E-state index is -0.232. The average molecular weight is 316 g/mol. The van der Waals surface area contributed by atoms with Gasteiger partial charge in [-0.25, -0.2) is 5.10 Å². The van der Waals surface area contributed by atoms with Gasteiger partial charge in [-0.05, 0) is 5.56 Å². The molecule has 0 bridgehead atoms. The van der Waals surface area contributed by atoms with Crippen molar-refractivity contribution >= 4 is 23.6 Å². The van der Waals surface area contributed by atoms with E-state index in [1.165, 1.54) is 18.1 Å². The van der Waals surface area contributed by atoms with Gasteiger partial charge in [-0.1, -0.05) is 42.1 Å². The van der Waals surface area contributed by atoms with Crippen molar-refractivity contribution in [2.45, 2.75) is 11.6 Å². The van der Waals surface area contributed by atoms with E-state index in [2.05, 4.69) is 30.7 Å². The van der Waals surface area contributed by atoms with Gasteiger partial charge in [-0.3, -0.25) is 10.1 Å². The summed E-state index contributed by atoms with van der Waals surface area (Å²) in [5, 5.41) is 17.0. The van der Waals surface area contributed by atoms with Crippen molar-refractivity contribution in [2.24, 2.45) is 0 Å². The number of aromatic nitrogens is 5.